The van der Waals surface area contributed by atoms with E-state index in [2.05, 4.69) is 36.8 Å². The van der Waals surface area contributed by atoms with Gasteiger partial charge < -0.3 is 4.90 Å². The van der Waals surface area contributed by atoms with Gasteiger partial charge in [-0.05, 0) is 75.6 Å². The van der Waals surface area contributed by atoms with Crippen LogP contribution in [0, 0.1) is 43.9 Å². The summed E-state index contributed by atoms with van der Waals surface area (Å²) in [6.45, 7) is 13.1. The Hall–Kier alpha value is -3.27. The highest BCUT2D eigenvalue weighted by Gasteiger charge is 2.31. The van der Waals surface area contributed by atoms with Crippen LogP contribution in [0.1, 0.15) is 91.9 Å². The molecule has 0 unspecified atom stereocenters. The van der Waals surface area contributed by atoms with E-state index in [1.54, 1.807) is 6.20 Å². The summed E-state index contributed by atoms with van der Waals surface area (Å²) >= 11 is 0. The van der Waals surface area contributed by atoms with E-state index in [9.17, 15) is 4.79 Å². The Morgan fingerprint density at radius 1 is 1.20 bits per heavy atom. The van der Waals surface area contributed by atoms with E-state index >= 15 is 0 Å². The quantitative estimate of drug-likeness (QED) is 0.453. The van der Waals surface area contributed by atoms with Gasteiger partial charge in [-0.2, -0.15) is 10.4 Å². The summed E-state index contributed by atoms with van der Waals surface area (Å²) in [5.74, 6) is 0.825. The lowest BCUT2D eigenvalue weighted by atomic mass is 9.91. The molecule has 3 aromatic rings. The van der Waals surface area contributed by atoms with E-state index in [-0.39, 0.29) is 17.9 Å². The Kier molecular flexibility index (Phi) is 8.97. The van der Waals surface area contributed by atoms with Crippen molar-refractivity contribution in [3.05, 3.63) is 58.8 Å². The third kappa shape index (κ3) is 6.25. The number of nitrogens with zero attached hydrogens (tertiary/aromatic N) is 6. The highest BCUT2D eigenvalue weighted by atomic mass is 16.2. The number of hydrogen-bond acceptors (Lipinski definition) is 5. The van der Waals surface area contributed by atoms with E-state index in [1.165, 1.54) is 0 Å². The van der Waals surface area contributed by atoms with Gasteiger partial charge in [-0.25, -0.2) is 9.50 Å². The van der Waals surface area contributed by atoms with Gasteiger partial charge in [-0.15, -0.1) is 0 Å². The lowest BCUT2D eigenvalue weighted by Crippen LogP contribution is -2.39. The number of nitriles is 1. The molecule has 0 saturated carbocycles. The second-order valence-corrected chi connectivity index (χ2v) is 9.64. The minimum atomic E-state index is -0.0270. The predicted molar refractivity (Wildman–Crippen MR) is 138 cm³/mol. The van der Waals surface area contributed by atoms with Crippen molar-refractivity contribution in [3.63, 3.8) is 0 Å². The third-order valence-electron chi connectivity index (χ3n) is 7.08. The van der Waals surface area contributed by atoms with Gasteiger partial charge in [-0.1, -0.05) is 27.2 Å². The van der Waals surface area contributed by atoms with Gasteiger partial charge in [0.25, 0.3) is 5.91 Å². The fourth-order valence-electron chi connectivity index (χ4n) is 4.47. The van der Waals surface area contributed by atoms with Crippen LogP contribution in [-0.4, -0.2) is 36.9 Å². The molecule has 7 nitrogen and oxygen atoms in total. The normalized spacial score (nSPS) is 17.3. The minimum absolute atomic E-state index is 0.0178. The fourth-order valence-corrected chi connectivity index (χ4v) is 4.47. The summed E-state index contributed by atoms with van der Waals surface area (Å²) in [4.78, 5) is 23.9. The first-order chi connectivity index (χ1) is 16.8. The number of rotatable bonds is 5. The molecule has 186 valence electrons. The van der Waals surface area contributed by atoms with E-state index in [0.717, 1.165) is 66.8 Å². The molecule has 0 N–H and O–H groups in total. The Bertz CT molecular complexity index is 1150. The number of aromatic nitrogens is 4. The molecule has 0 aliphatic carbocycles. The highest BCUT2D eigenvalue weighted by Crippen LogP contribution is 2.31. The molecular weight excluding hydrogens is 436 g/mol. The number of carbonyl (C=O) groups excluding carboxylic acids is 1. The number of carbonyl (C=O) groups is 1. The van der Waals surface area contributed by atoms with E-state index in [0.29, 0.717) is 11.6 Å². The van der Waals surface area contributed by atoms with Crippen LogP contribution in [0.5, 0.6) is 0 Å². The van der Waals surface area contributed by atoms with Crippen molar-refractivity contribution < 1.29 is 4.79 Å². The molecule has 3 atom stereocenters. The number of likely N-dealkylation sites (tertiary alicyclic amines) is 1. The zero-order valence-corrected chi connectivity index (χ0v) is 22.0. The molecule has 3 aromatic heterocycles. The molecule has 35 heavy (non-hydrogen) atoms. The fraction of sp³-hybridized carbons (Fsp3) is 0.536. The summed E-state index contributed by atoms with van der Waals surface area (Å²) in [7, 11) is 0. The van der Waals surface area contributed by atoms with Crippen LogP contribution in [0.15, 0.2) is 30.6 Å². The monoisotopic (exact) mass is 474 g/mol. The van der Waals surface area contributed by atoms with E-state index < -0.39 is 0 Å². The van der Waals surface area contributed by atoms with Crippen molar-refractivity contribution in [2.75, 3.05) is 6.54 Å². The Morgan fingerprint density at radius 2 is 1.97 bits per heavy atom. The van der Waals surface area contributed by atoms with Crippen molar-refractivity contribution in [2.45, 2.75) is 79.7 Å². The van der Waals surface area contributed by atoms with E-state index in [4.69, 9.17) is 10.4 Å². The molecule has 1 aliphatic heterocycles. The first-order valence-corrected chi connectivity index (χ1v) is 12.8. The summed E-state index contributed by atoms with van der Waals surface area (Å²) in [5, 5.41) is 13.3. The molecule has 4 rings (SSSR count). The lowest BCUT2D eigenvalue weighted by molar-refractivity contribution is 0.0599. The zero-order valence-electron chi connectivity index (χ0n) is 22.0. The number of aryl methyl sites for hydroxylation is 3. The summed E-state index contributed by atoms with van der Waals surface area (Å²) < 4.78 is 1.82. The largest absolute Gasteiger partial charge is 0.329 e. The number of piperidine rings is 1. The molecule has 0 radical (unpaired) electrons. The maximum atomic E-state index is 13.1. The summed E-state index contributed by atoms with van der Waals surface area (Å²) in [5.41, 5.74) is 5.39. The second-order valence-electron chi connectivity index (χ2n) is 9.64. The number of pyridine rings is 1. The van der Waals surface area contributed by atoms with Gasteiger partial charge in [0.05, 0.1) is 17.8 Å². The van der Waals surface area contributed by atoms with Crippen molar-refractivity contribution in [3.8, 4) is 6.07 Å². The molecule has 0 aromatic carbocycles. The van der Waals surface area contributed by atoms with Gasteiger partial charge in [0.1, 0.15) is 5.69 Å². The van der Waals surface area contributed by atoms with Crippen LogP contribution < -0.4 is 0 Å². The van der Waals surface area contributed by atoms with Gasteiger partial charge >= 0.3 is 0 Å². The topological polar surface area (TPSA) is 87.2 Å². The molecular formula is C28H38N6O. The molecule has 0 spiro atoms. The van der Waals surface area contributed by atoms with Crippen LogP contribution in [0.2, 0.25) is 0 Å². The zero-order chi connectivity index (χ0) is 25.5. The third-order valence-corrected chi connectivity index (χ3v) is 7.08. The van der Waals surface area contributed by atoms with Gasteiger partial charge in [0.15, 0.2) is 5.65 Å². The molecule has 0 bridgehead atoms. The molecule has 1 fully saturated rings. The minimum Gasteiger partial charge on any atom is -0.329 e. The Balaban J connectivity index is 0.000000327. The molecule has 1 saturated heterocycles. The number of amides is 1. The predicted octanol–water partition coefficient (Wildman–Crippen LogP) is 6.00. The van der Waals surface area contributed by atoms with Gasteiger partial charge in [0, 0.05) is 36.6 Å². The first-order valence-electron chi connectivity index (χ1n) is 12.8. The second kappa shape index (κ2) is 11.9. The Morgan fingerprint density at radius 3 is 2.60 bits per heavy atom. The van der Waals surface area contributed by atoms with Crippen LogP contribution in [0.3, 0.4) is 0 Å². The van der Waals surface area contributed by atoms with Crippen molar-refractivity contribution >= 4 is 11.6 Å². The maximum Gasteiger partial charge on any atom is 0.273 e. The van der Waals surface area contributed by atoms with Crippen LogP contribution in [0.4, 0.5) is 0 Å². The standard InChI is InChI=1S/C20H23N5O.C8H15N/c1-13-7-8-21-17(10-13)20(26)24-9-5-4-6-18(24)16-11-19-22-15(3)14(2)12-25(19)23-16;1-4-7(3)8(5-2)6-9/h7-8,10-12,18H,4-6,9H2,1-3H3;7-8H,4-5H2,1-3H3/t18-;7-,8-/m00/s1. The lowest BCUT2D eigenvalue weighted by Gasteiger charge is -2.34. The summed E-state index contributed by atoms with van der Waals surface area (Å²) in [6, 6.07) is 8.04. The molecule has 7 heteroatoms. The smallest absolute Gasteiger partial charge is 0.273 e. The highest BCUT2D eigenvalue weighted by molar-refractivity contribution is 5.92. The molecule has 1 amide bonds. The van der Waals surface area contributed by atoms with Gasteiger partial charge in [-0.3, -0.25) is 9.78 Å². The van der Waals surface area contributed by atoms with Crippen molar-refractivity contribution in [1.82, 2.24) is 24.5 Å². The molecule has 1 aliphatic rings. The average Bonchev–Trinajstić information content (AvgIpc) is 3.27. The number of hydrogen-bond donors (Lipinski definition) is 0. The molecule has 4 heterocycles. The first kappa shape index (κ1) is 26.3. The van der Waals surface area contributed by atoms with Crippen LogP contribution >= 0.6 is 0 Å². The van der Waals surface area contributed by atoms with Crippen LogP contribution in [-0.2, 0) is 0 Å². The van der Waals surface area contributed by atoms with Crippen molar-refractivity contribution in [2.24, 2.45) is 11.8 Å². The van der Waals surface area contributed by atoms with E-state index in [1.807, 2.05) is 54.6 Å². The number of fused-ring (bicyclic) bond motifs is 1. The van der Waals surface area contributed by atoms with Crippen LogP contribution in [0.25, 0.3) is 5.65 Å². The summed E-state index contributed by atoms with van der Waals surface area (Å²) in [6.07, 6.45) is 8.82. The Labute approximate surface area is 209 Å². The average molecular weight is 475 g/mol. The SMILES string of the molecule is CC[C@@H](C#N)[C@@H](C)CC.Cc1ccnc(C(=O)N2CCCC[C@H]2c2cc3nc(C)c(C)cn3n2)c1. The van der Waals surface area contributed by atoms with Crippen molar-refractivity contribution in [1.29, 1.82) is 5.26 Å². The van der Waals surface area contributed by atoms with Gasteiger partial charge in [0.2, 0.25) is 0 Å². The maximum absolute atomic E-state index is 13.1.